The van der Waals surface area contributed by atoms with Crippen LogP contribution in [0.5, 0.6) is 11.5 Å². The van der Waals surface area contributed by atoms with Crippen LogP contribution < -0.4 is 14.8 Å². The summed E-state index contributed by atoms with van der Waals surface area (Å²) in [5, 5.41) is 3.15. The molecule has 0 saturated heterocycles. The second-order valence-electron chi connectivity index (χ2n) is 4.96. The zero-order valence-corrected chi connectivity index (χ0v) is 13.0. The van der Waals surface area contributed by atoms with Gasteiger partial charge in [0.15, 0.2) is 0 Å². The molecule has 0 spiro atoms. The Morgan fingerprint density at radius 3 is 2.33 bits per heavy atom. The third kappa shape index (κ3) is 4.23. The summed E-state index contributed by atoms with van der Waals surface area (Å²) >= 11 is 0. The van der Waals surface area contributed by atoms with Gasteiger partial charge in [0.25, 0.3) is 0 Å². The predicted molar refractivity (Wildman–Crippen MR) is 85.9 cm³/mol. The largest absolute Gasteiger partial charge is 0.497 e. The highest BCUT2D eigenvalue weighted by atomic mass is 16.5. The quantitative estimate of drug-likeness (QED) is 0.844. The maximum atomic E-state index is 5.97. The minimum Gasteiger partial charge on any atom is -0.497 e. The van der Waals surface area contributed by atoms with Crippen LogP contribution in [0.3, 0.4) is 0 Å². The van der Waals surface area contributed by atoms with Gasteiger partial charge in [-0.05, 0) is 30.7 Å². The highest BCUT2D eigenvalue weighted by Crippen LogP contribution is 2.25. The summed E-state index contributed by atoms with van der Waals surface area (Å²) < 4.78 is 11.2. The van der Waals surface area contributed by atoms with Gasteiger partial charge in [-0.1, -0.05) is 37.3 Å². The van der Waals surface area contributed by atoms with Crippen molar-refractivity contribution in [2.45, 2.75) is 26.5 Å². The van der Waals surface area contributed by atoms with Gasteiger partial charge >= 0.3 is 0 Å². The van der Waals surface area contributed by atoms with Crippen molar-refractivity contribution in [3.8, 4) is 11.5 Å². The normalized spacial score (nSPS) is 10.4. The van der Waals surface area contributed by atoms with Gasteiger partial charge in [0.2, 0.25) is 0 Å². The fourth-order valence-corrected chi connectivity index (χ4v) is 2.16. The summed E-state index contributed by atoms with van der Waals surface area (Å²) in [7, 11) is 3.60. The summed E-state index contributed by atoms with van der Waals surface area (Å²) in [5.74, 6) is 1.68. The molecule has 112 valence electrons. The van der Waals surface area contributed by atoms with Crippen LogP contribution in [0.1, 0.15) is 23.6 Å². The van der Waals surface area contributed by atoms with Crippen LogP contribution in [0.15, 0.2) is 42.5 Å². The molecule has 0 aromatic heterocycles. The first-order chi connectivity index (χ1) is 10.3. The van der Waals surface area contributed by atoms with Crippen molar-refractivity contribution in [2.24, 2.45) is 0 Å². The lowest BCUT2D eigenvalue weighted by molar-refractivity contribution is 0.300. The molecule has 0 aliphatic heterocycles. The Labute approximate surface area is 126 Å². The van der Waals surface area contributed by atoms with Crippen molar-refractivity contribution in [3.63, 3.8) is 0 Å². The molecular weight excluding hydrogens is 262 g/mol. The van der Waals surface area contributed by atoms with Crippen LogP contribution in [-0.2, 0) is 19.6 Å². The Balaban J connectivity index is 2.09. The number of hydrogen-bond acceptors (Lipinski definition) is 3. The van der Waals surface area contributed by atoms with E-state index in [0.717, 1.165) is 30.0 Å². The van der Waals surface area contributed by atoms with Crippen molar-refractivity contribution < 1.29 is 9.47 Å². The first-order valence-corrected chi connectivity index (χ1v) is 7.29. The van der Waals surface area contributed by atoms with Crippen LogP contribution in [0.4, 0.5) is 0 Å². The molecule has 2 aromatic carbocycles. The second-order valence-corrected chi connectivity index (χ2v) is 4.96. The van der Waals surface area contributed by atoms with Gasteiger partial charge in [-0.25, -0.2) is 0 Å². The van der Waals surface area contributed by atoms with E-state index in [0.29, 0.717) is 6.61 Å². The Bertz CT molecular complexity index is 564. The molecule has 3 heteroatoms. The third-order valence-corrected chi connectivity index (χ3v) is 3.47. The maximum Gasteiger partial charge on any atom is 0.127 e. The van der Waals surface area contributed by atoms with Gasteiger partial charge in [-0.3, -0.25) is 0 Å². The number of aryl methyl sites for hydroxylation is 1. The van der Waals surface area contributed by atoms with Crippen molar-refractivity contribution in [1.29, 1.82) is 0 Å². The van der Waals surface area contributed by atoms with E-state index in [1.54, 1.807) is 7.11 Å². The number of ether oxygens (including phenoxy) is 2. The van der Waals surface area contributed by atoms with Crippen LogP contribution in [0.25, 0.3) is 0 Å². The molecule has 0 heterocycles. The summed E-state index contributed by atoms with van der Waals surface area (Å²) in [5.41, 5.74) is 3.64. The fourth-order valence-electron chi connectivity index (χ4n) is 2.16. The zero-order chi connectivity index (χ0) is 15.1. The Kier molecular flexibility index (Phi) is 5.64. The predicted octanol–water partition coefficient (Wildman–Crippen LogP) is 3.56. The minimum atomic E-state index is 0.563. The van der Waals surface area contributed by atoms with E-state index in [9.17, 15) is 0 Å². The monoisotopic (exact) mass is 285 g/mol. The van der Waals surface area contributed by atoms with E-state index >= 15 is 0 Å². The third-order valence-electron chi connectivity index (χ3n) is 3.47. The molecule has 0 atom stereocenters. The number of rotatable bonds is 7. The second kappa shape index (κ2) is 7.70. The number of methoxy groups -OCH3 is 1. The lowest BCUT2D eigenvalue weighted by Gasteiger charge is -2.13. The fraction of sp³-hybridized carbons (Fsp3) is 0.333. The lowest BCUT2D eigenvalue weighted by atomic mass is 10.1. The summed E-state index contributed by atoms with van der Waals surface area (Å²) in [6.45, 7) is 3.49. The number of nitrogens with one attached hydrogen (secondary N) is 1. The van der Waals surface area contributed by atoms with E-state index in [-0.39, 0.29) is 0 Å². The molecule has 0 bridgehead atoms. The Hall–Kier alpha value is -2.00. The molecule has 0 saturated carbocycles. The number of benzene rings is 2. The van der Waals surface area contributed by atoms with E-state index in [2.05, 4.69) is 36.5 Å². The molecule has 21 heavy (non-hydrogen) atoms. The molecule has 0 fully saturated rings. The van der Waals surface area contributed by atoms with E-state index < -0.39 is 0 Å². The van der Waals surface area contributed by atoms with Crippen molar-refractivity contribution in [2.75, 3.05) is 14.2 Å². The molecule has 0 radical (unpaired) electrons. The smallest absolute Gasteiger partial charge is 0.127 e. The van der Waals surface area contributed by atoms with Gasteiger partial charge in [-0.2, -0.15) is 0 Å². The highest BCUT2D eigenvalue weighted by molar-refractivity contribution is 5.41. The van der Waals surface area contributed by atoms with Crippen molar-refractivity contribution >= 4 is 0 Å². The van der Waals surface area contributed by atoms with E-state index in [4.69, 9.17) is 9.47 Å². The molecule has 1 N–H and O–H groups in total. The van der Waals surface area contributed by atoms with E-state index in [1.165, 1.54) is 11.1 Å². The molecule has 2 rings (SSSR count). The van der Waals surface area contributed by atoms with Crippen LogP contribution in [-0.4, -0.2) is 14.2 Å². The standard InChI is InChI=1S/C18H23NO2/c1-4-14-5-7-15(8-6-14)13-21-18-11-17(20-3)10-9-16(18)12-19-2/h5-11,19H,4,12-13H2,1-3H3. The lowest BCUT2D eigenvalue weighted by Crippen LogP contribution is -2.07. The Morgan fingerprint density at radius 1 is 1.00 bits per heavy atom. The van der Waals surface area contributed by atoms with E-state index in [1.807, 2.05) is 25.2 Å². The molecule has 3 nitrogen and oxygen atoms in total. The van der Waals surface area contributed by atoms with Gasteiger partial charge in [0.1, 0.15) is 18.1 Å². The van der Waals surface area contributed by atoms with Gasteiger partial charge in [0, 0.05) is 18.2 Å². The topological polar surface area (TPSA) is 30.5 Å². The van der Waals surface area contributed by atoms with Gasteiger partial charge in [-0.15, -0.1) is 0 Å². The molecule has 0 aliphatic carbocycles. The molecular formula is C18H23NO2. The molecule has 0 amide bonds. The number of hydrogen-bond donors (Lipinski definition) is 1. The Morgan fingerprint density at radius 2 is 1.71 bits per heavy atom. The van der Waals surface area contributed by atoms with Crippen LogP contribution >= 0.6 is 0 Å². The average molecular weight is 285 g/mol. The first-order valence-electron chi connectivity index (χ1n) is 7.29. The molecule has 2 aromatic rings. The van der Waals surface area contributed by atoms with Gasteiger partial charge < -0.3 is 14.8 Å². The molecule has 0 aliphatic rings. The molecule has 0 unspecified atom stereocenters. The summed E-state index contributed by atoms with van der Waals surface area (Å²) in [6.07, 6.45) is 1.06. The average Bonchev–Trinajstić information content (AvgIpc) is 2.54. The van der Waals surface area contributed by atoms with Gasteiger partial charge in [0.05, 0.1) is 7.11 Å². The van der Waals surface area contributed by atoms with Crippen molar-refractivity contribution in [3.05, 3.63) is 59.2 Å². The van der Waals surface area contributed by atoms with Crippen LogP contribution in [0.2, 0.25) is 0 Å². The maximum absolute atomic E-state index is 5.97. The van der Waals surface area contributed by atoms with Crippen molar-refractivity contribution in [1.82, 2.24) is 5.32 Å². The minimum absolute atomic E-state index is 0.563. The first kappa shape index (κ1) is 15.4. The van der Waals surface area contributed by atoms with Crippen LogP contribution in [0, 0.1) is 0 Å². The summed E-state index contributed by atoms with van der Waals surface area (Å²) in [6, 6.07) is 14.5. The highest BCUT2D eigenvalue weighted by Gasteiger charge is 2.06. The zero-order valence-electron chi connectivity index (χ0n) is 13.0. The SMILES string of the molecule is CCc1ccc(COc2cc(OC)ccc2CNC)cc1. The summed E-state index contributed by atoms with van der Waals surface area (Å²) in [4.78, 5) is 0.